The first-order valence-corrected chi connectivity index (χ1v) is 21.0. The van der Waals surface area contributed by atoms with E-state index in [0.29, 0.717) is 70.3 Å². The Kier molecular flexibility index (Phi) is 35.9. The number of hydrogen-bond acceptors (Lipinski definition) is 10. The molecule has 0 aromatic rings. The number of unbranched alkanes of at least 4 members (excludes halogenated alkanes) is 12. The molecular formula is C34H64Na2O10S2. The van der Waals surface area contributed by atoms with Crippen LogP contribution in [0, 0.1) is 11.8 Å². The third-order valence-corrected chi connectivity index (χ3v) is 10.8. The van der Waals surface area contributed by atoms with Crippen molar-refractivity contribution in [1.82, 2.24) is 0 Å². The summed E-state index contributed by atoms with van der Waals surface area (Å²) in [4.78, 5) is 25.1. The number of carbonyl (C=O) groups is 2. The number of rotatable bonds is 31. The van der Waals surface area contributed by atoms with E-state index in [1.165, 1.54) is 19.3 Å². The fourth-order valence-corrected chi connectivity index (χ4v) is 7.46. The molecule has 0 radical (unpaired) electrons. The van der Waals surface area contributed by atoms with Gasteiger partial charge in [-0.05, 0) is 44.4 Å². The zero-order chi connectivity index (χ0) is 34.8. The van der Waals surface area contributed by atoms with Gasteiger partial charge in [-0.15, -0.1) is 0 Å². The van der Waals surface area contributed by atoms with Gasteiger partial charge in [-0.1, -0.05) is 130 Å². The number of carbonyl (C=O) groups excluding carboxylic acids is 2. The Hall–Kier alpha value is 0.760. The van der Waals surface area contributed by atoms with Crippen molar-refractivity contribution in [3.05, 3.63) is 0 Å². The third-order valence-electron chi connectivity index (χ3n) is 8.63. The minimum Gasteiger partial charge on any atom is -0.747 e. The Balaban J connectivity index is -0.0000101. The quantitative estimate of drug-likeness (QED) is 0.0445. The molecule has 4 atom stereocenters. The first kappa shape index (κ1) is 53.1. The van der Waals surface area contributed by atoms with Crippen LogP contribution in [0.25, 0.3) is 0 Å². The largest absolute Gasteiger partial charge is 1.00 e. The van der Waals surface area contributed by atoms with Crippen LogP contribution in [-0.2, 0) is 39.3 Å². The van der Waals surface area contributed by atoms with Crippen LogP contribution < -0.4 is 59.1 Å². The van der Waals surface area contributed by atoms with Crippen LogP contribution >= 0.6 is 0 Å². The van der Waals surface area contributed by atoms with E-state index in [0.717, 1.165) is 57.8 Å². The predicted molar refractivity (Wildman–Crippen MR) is 180 cm³/mol. The molecule has 0 fully saturated rings. The van der Waals surface area contributed by atoms with Crippen molar-refractivity contribution in [2.45, 2.75) is 186 Å². The molecule has 0 amide bonds. The SMILES string of the molecule is CCCCCCC(CCCC)COC(=O)CCCCCCCC(C(=O)OC(C(CCCC)CCCCCC)S(=O)(=O)[O-])S(=O)(=O)[O-].[Na+].[Na+]. The molecular weight excluding hydrogens is 678 g/mol. The van der Waals surface area contributed by atoms with Crippen LogP contribution in [0.15, 0.2) is 0 Å². The fraction of sp³-hybridized carbons (Fsp3) is 0.941. The van der Waals surface area contributed by atoms with Crippen molar-refractivity contribution >= 4 is 32.2 Å². The van der Waals surface area contributed by atoms with Gasteiger partial charge in [-0.3, -0.25) is 9.59 Å². The van der Waals surface area contributed by atoms with Gasteiger partial charge in [-0.2, -0.15) is 0 Å². The fourth-order valence-electron chi connectivity index (χ4n) is 5.75. The number of ether oxygens (including phenoxy) is 2. The summed E-state index contributed by atoms with van der Waals surface area (Å²) >= 11 is 0. The van der Waals surface area contributed by atoms with Gasteiger partial charge in [0.05, 0.1) is 6.61 Å². The van der Waals surface area contributed by atoms with Crippen LogP contribution in [0.4, 0.5) is 0 Å². The van der Waals surface area contributed by atoms with Gasteiger partial charge in [0, 0.05) is 12.3 Å². The van der Waals surface area contributed by atoms with E-state index in [-0.39, 0.29) is 77.9 Å². The summed E-state index contributed by atoms with van der Waals surface area (Å²) in [5.74, 6) is -2.06. The van der Waals surface area contributed by atoms with Crippen molar-refractivity contribution in [2.75, 3.05) is 6.61 Å². The van der Waals surface area contributed by atoms with Crippen molar-refractivity contribution in [3.63, 3.8) is 0 Å². The maximum absolute atomic E-state index is 12.8. The maximum Gasteiger partial charge on any atom is 1.00 e. The Morgan fingerprint density at radius 1 is 0.562 bits per heavy atom. The molecule has 14 heteroatoms. The average molecular weight is 743 g/mol. The smallest absolute Gasteiger partial charge is 0.747 e. The summed E-state index contributed by atoms with van der Waals surface area (Å²) < 4.78 is 82.9. The second-order valence-corrected chi connectivity index (χ2v) is 15.9. The molecule has 0 rings (SSSR count). The van der Waals surface area contributed by atoms with E-state index < -0.39 is 42.8 Å². The van der Waals surface area contributed by atoms with Gasteiger partial charge in [0.2, 0.25) is 0 Å². The molecule has 0 aliphatic rings. The maximum atomic E-state index is 12.8. The molecule has 10 nitrogen and oxygen atoms in total. The van der Waals surface area contributed by atoms with Crippen LogP contribution in [0.1, 0.15) is 175 Å². The Labute approximate surface area is 337 Å². The molecule has 0 aliphatic carbocycles. The summed E-state index contributed by atoms with van der Waals surface area (Å²) in [5, 5.41) is -2.08. The zero-order valence-electron chi connectivity index (χ0n) is 31.2. The Morgan fingerprint density at radius 2 is 1.00 bits per heavy atom. The summed E-state index contributed by atoms with van der Waals surface area (Å²) in [6, 6.07) is 0. The van der Waals surface area contributed by atoms with Crippen LogP contribution in [-0.4, -0.2) is 55.2 Å². The standard InChI is InChI=1S/C34H66O10S2.2Na/c1-5-9-13-18-23-29(22-11-7-3)28-43-32(35)27-21-17-15-16-20-26-31(45(37,38)39)33(36)44-34(46(40,41)42)30(24-12-8-4)25-19-14-10-6-2;;/h29-31,34H,5-28H2,1-4H3,(H,37,38,39)(H,40,41,42);;/q;2*+1/p-2. The summed E-state index contributed by atoms with van der Waals surface area (Å²) in [6.45, 7) is 8.74. The van der Waals surface area contributed by atoms with E-state index in [1.807, 2.05) is 13.8 Å². The molecule has 0 heterocycles. The van der Waals surface area contributed by atoms with Crippen molar-refractivity contribution in [1.29, 1.82) is 0 Å². The van der Waals surface area contributed by atoms with E-state index in [9.17, 15) is 35.5 Å². The predicted octanol–water partition coefficient (Wildman–Crippen LogP) is 2.15. The van der Waals surface area contributed by atoms with Gasteiger partial charge in [0.25, 0.3) is 0 Å². The van der Waals surface area contributed by atoms with Crippen LogP contribution in [0.5, 0.6) is 0 Å². The van der Waals surface area contributed by atoms with Crippen molar-refractivity contribution in [3.8, 4) is 0 Å². The topological polar surface area (TPSA) is 167 Å². The monoisotopic (exact) mass is 742 g/mol. The molecule has 4 unspecified atom stereocenters. The molecule has 48 heavy (non-hydrogen) atoms. The molecule has 0 N–H and O–H groups in total. The second-order valence-electron chi connectivity index (χ2n) is 12.9. The minimum atomic E-state index is -5.14. The summed E-state index contributed by atoms with van der Waals surface area (Å²) in [5.41, 5.74) is -2.03. The van der Waals surface area contributed by atoms with Gasteiger partial charge < -0.3 is 18.6 Å². The van der Waals surface area contributed by atoms with Crippen molar-refractivity contribution < 1.29 is 104 Å². The summed E-state index contributed by atoms with van der Waals surface area (Å²) in [6.07, 6.45) is 17.2. The number of esters is 2. The van der Waals surface area contributed by atoms with E-state index in [2.05, 4.69) is 13.8 Å². The molecule has 0 aromatic heterocycles. The number of hydrogen-bond donors (Lipinski definition) is 0. The van der Waals surface area contributed by atoms with Gasteiger partial charge >= 0.3 is 71.1 Å². The minimum absolute atomic E-state index is 0. The first-order valence-electron chi connectivity index (χ1n) is 18.1. The molecule has 0 spiro atoms. The molecule has 0 saturated heterocycles. The van der Waals surface area contributed by atoms with Gasteiger partial charge in [0.1, 0.15) is 25.5 Å². The molecule has 0 saturated carbocycles. The van der Waals surface area contributed by atoms with Crippen molar-refractivity contribution in [2.24, 2.45) is 11.8 Å². The Bertz CT molecular complexity index is 1010. The van der Waals surface area contributed by atoms with Gasteiger partial charge in [-0.25, -0.2) is 16.8 Å². The summed E-state index contributed by atoms with van der Waals surface area (Å²) in [7, 11) is -10.2. The van der Waals surface area contributed by atoms with Crippen LogP contribution in [0.3, 0.4) is 0 Å². The molecule has 0 bridgehead atoms. The third kappa shape index (κ3) is 27.4. The van der Waals surface area contributed by atoms with E-state index in [1.54, 1.807) is 0 Å². The molecule has 0 aliphatic heterocycles. The van der Waals surface area contributed by atoms with E-state index in [4.69, 9.17) is 9.47 Å². The zero-order valence-corrected chi connectivity index (χ0v) is 36.8. The average Bonchev–Trinajstić information content (AvgIpc) is 2.98. The van der Waals surface area contributed by atoms with Gasteiger partial charge in [0.15, 0.2) is 5.44 Å². The second kappa shape index (κ2) is 32.4. The Morgan fingerprint density at radius 3 is 1.54 bits per heavy atom. The molecule has 274 valence electrons. The van der Waals surface area contributed by atoms with Crippen LogP contribution in [0.2, 0.25) is 0 Å². The van der Waals surface area contributed by atoms with E-state index >= 15 is 0 Å². The first-order chi connectivity index (χ1) is 21.8. The normalized spacial score (nSPS) is 14.2. The molecule has 0 aromatic carbocycles.